The second-order valence-electron chi connectivity index (χ2n) is 5.26. The third kappa shape index (κ3) is 4.67. The second-order valence-corrected chi connectivity index (χ2v) is 8.69. The Labute approximate surface area is 177 Å². The van der Waals surface area contributed by atoms with E-state index in [0.717, 1.165) is 0 Å². The van der Waals surface area contributed by atoms with Crippen LogP contribution in [0, 0.1) is 0 Å². The molecule has 0 radical (unpaired) electrons. The largest absolute Gasteiger partial charge is 0.321 e. The first-order valence-corrected chi connectivity index (χ1v) is 10.7. The highest BCUT2D eigenvalue weighted by molar-refractivity contribution is 7.89. The van der Waals surface area contributed by atoms with Gasteiger partial charge in [0.1, 0.15) is 10.8 Å². The normalized spacial score (nSPS) is 11.7. The van der Waals surface area contributed by atoms with E-state index in [1.165, 1.54) is 28.6 Å². The molecule has 11 heteroatoms. The van der Waals surface area contributed by atoms with Gasteiger partial charge in [-0.25, -0.2) is 13.4 Å². The molecule has 0 aliphatic heterocycles. The number of anilines is 1. The molecule has 1 heterocycles. The number of pyridine rings is 1. The standard InChI is InChI=1S/C16H15Cl4N3O3S/c1-3-23(4-2)27(25,26)10-7-5-6-9(8-10)21-16(24)14-12(18)11(17)13(19)15(20)22-14/h5-8H,3-4H2,1-2H3,(H,21,24). The highest BCUT2D eigenvalue weighted by Crippen LogP contribution is 2.36. The van der Waals surface area contributed by atoms with Crippen LogP contribution < -0.4 is 5.32 Å². The van der Waals surface area contributed by atoms with Crippen LogP contribution in [0.15, 0.2) is 29.2 Å². The van der Waals surface area contributed by atoms with Crippen molar-refractivity contribution in [3.63, 3.8) is 0 Å². The zero-order chi connectivity index (χ0) is 20.4. The SMILES string of the molecule is CCN(CC)S(=O)(=O)c1cccc(NC(=O)c2nc(Cl)c(Cl)c(Cl)c2Cl)c1. The fourth-order valence-electron chi connectivity index (χ4n) is 2.27. The summed E-state index contributed by atoms with van der Waals surface area (Å²) in [5.41, 5.74) is 0.0152. The minimum absolute atomic E-state index is 0.0511. The summed E-state index contributed by atoms with van der Waals surface area (Å²) in [5.74, 6) is -0.710. The monoisotopic (exact) mass is 469 g/mol. The number of carbonyl (C=O) groups is 1. The van der Waals surface area contributed by atoms with E-state index >= 15 is 0 Å². The molecule has 2 rings (SSSR count). The third-order valence-electron chi connectivity index (χ3n) is 3.63. The Balaban J connectivity index is 2.36. The topological polar surface area (TPSA) is 79.4 Å². The molecule has 0 atom stereocenters. The number of carbonyl (C=O) groups excluding carboxylic acids is 1. The van der Waals surface area contributed by atoms with Crippen molar-refractivity contribution in [2.75, 3.05) is 18.4 Å². The van der Waals surface area contributed by atoms with Crippen molar-refractivity contribution >= 4 is 68.0 Å². The van der Waals surface area contributed by atoms with E-state index in [4.69, 9.17) is 46.4 Å². The number of rotatable bonds is 6. The predicted octanol–water partition coefficient (Wildman–Crippen LogP) is 4.98. The molecule has 0 spiro atoms. The minimum Gasteiger partial charge on any atom is -0.321 e. The van der Waals surface area contributed by atoms with E-state index < -0.39 is 15.9 Å². The molecule has 0 aliphatic rings. The van der Waals surface area contributed by atoms with Gasteiger partial charge in [-0.05, 0) is 18.2 Å². The van der Waals surface area contributed by atoms with Crippen molar-refractivity contribution in [3.05, 3.63) is 50.2 Å². The molecule has 146 valence electrons. The van der Waals surface area contributed by atoms with Crippen LogP contribution >= 0.6 is 46.4 Å². The zero-order valence-corrected chi connectivity index (χ0v) is 18.1. The van der Waals surface area contributed by atoms with Gasteiger partial charge in [0, 0.05) is 18.8 Å². The van der Waals surface area contributed by atoms with E-state index in [9.17, 15) is 13.2 Å². The summed E-state index contributed by atoms with van der Waals surface area (Å²) in [4.78, 5) is 16.4. The number of aromatic nitrogens is 1. The van der Waals surface area contributed by atoms with Gasteiger partial charge in [-0.1, -0.05) is 66.3 Å². The maximum atomic E-state index is 12.6. The van der Waals surface area contributed by atoms with Crippen molar-refractivity contribution in [3.8, 4) is 0 Å². The van der Waals surface area contributed by atoms with Crippen LogP contribution in [0.3, 0.4) is 0 Å². The summed E-state index contributed by atoms with van der Waals surface area (Å²) in [6.45, 7) is 4.15. The van der Waals surface area contributed by atoms with Crippen molar-refractivity contribution in [1.29, 1.82) is 0 Å². The number of sulfonamides is 1. The van der Waals surface area contributed by atoms with Gasteiger partial charge in [0.15, 0.2) is 0 Å². The number of hydrogen-bond acceptors (Lipinski definition) is 4. The van der Waals surface area contributed by atoms with Gasteiger partial charge < -0.3 is 5.32 Å². The third-order valence-corrected chi connectivity index (χ3v) is 7.36. The molecule has 1 N–H and O–H groups in total. The molecule has 1 amide bonds. The first-order chi connectivity index (χ1) is 12.6. The molecule has 0 unspecified atom stereocenters. The van der Waals surface area contributed by atoms with Crippen LogP contribution in [0.5, 0.6) is 0 Å². The van der Waals surface area contributed by atoms with E-state index in [1.807, 2.05) is 0 Å². The number of benzene rings is 1. The van der Waals surface area contributed by atoms with Crippen LogP contribution in [0.25, 0.3) is 0 Å². The van der Waals surface area contributed by atoms with Crippen LogP contribution in [-0.4, -0.2) is 36.7 Å². The van der Waals surface area contributed by atoms with Gasteiger partial charge >= 0.3 is 0 Å². The van der Waals surface area contributed by atoms with E-state index in [0.29, 0.717) is 13.1 Å². The van der Waals surface area contributed by atoms with E-state index in [-0.39, 0.29) is 36.5 Å². The summed E-state index contributed by atoms with van der Waals surface area (Å²) >= 11 is 23.6. The fraction of sp³-hybridized carbons (Fsp3) is 0.250. The number of hydrogen-bond donors (Lipinski definition) is 1. The molecule has 27 heavy (non-hydrogen) atoms. The van der Waals surface area contributed by atoms with Crippen molar-refractivity contribution in [2.24, 2.45) is 0 Å². The van der Waals surface area contributed by atoms with Crippen LogP contribution in [0.1, 0.15) is 24.3 Å². The summed E-state index contributed by atoms with van der Waals surface area (Å²) in [6.07, 6.45) is 0. The Bertz CT molecular complexity index is 979. The van der Waals surface area contributed by atoms with Crippen LogP contribution in [-0.2, 0) is 10.0 Å². The molecule has 1 aromatic heterocycles. The lowest BCUT2D eigenvalue weighted by molar-refractivity contribution is 0.102. The van der Waals surface area contributed by atoms with Gasteiger partial charge in [-0.2, -0.15) is 4.31 Å². The lowest BCUT2D eigenvalue weighted by atomic mass is 10.3. The maximum absolute atomic E-state index is 12.6. The second kappa shape index (κ2) is 8.94. The Hall–Kier alpha value is -1.09. The van der Waals surface area contributed by atoms with Gasteiger partial charge in [0.25, 0.3) is 5.91 Å². The van der Waals surface area contributed by atoms with Gasteiger partial charge in [-0.3, -0.25) is 4.79 Å². The summed E-state index contributed by atoms with van der Waals surface area (Å²) in [7, 11) is -3.67. The Morgan fingerprint density at radius 2 is 1.70 bits per heavy atom. The first-order valence-electron chi connectivity index (χ1n) is 7.75. The van der Waals surface area contributed by atoms with Gasteiger partial charge in [0.05, 0.1) is 20.0 Å². The van der Waals surface area contributed by atoms with Crippen molar-refractivity contribution < 1.29 is 13.2 Å². The quantitative estimate of drug-likeness (QED) is 0.603. The van der Waals surface area contributed by atoms with Crippen molar-refractivity contribution in [2.45, 2.75) is 18.7 Å². The van der Waals surface area contributed by atoms with Crippen LogP contribution in [0.2, 0.25) is 20.2 Å². The molecule has 6 nitrogen and oxygen atoms in total. The molecule has 0 bridgehead atoms. The molecular weight excluding hydrogens is 456 g/mol. The zero-order valence-electron chi connectivity index (χ0n) is 14.3. The lowest BCUT2D eigenvalue weighted by Crippen LogP contribution is -2.30. The average Bonchev–Trinajstić information content (AvgIpc) is 2.63. The Kier molecular flexibility index (Phi) is 7.35. The van der Waals surface area contributed by atoms with E-state index in [1.54, 1.807) is 13.8 Å². The highest BCUT2D eigenvalue weighted by Gasteiger charge is 2.23. The molecule has 0 aliphatic carbocycles. The molecule has 0 saturated heterocycles. The molecule has 1 aromatic carbocycles. The molecule has 0 saturated carbocycles. The number of nitrogens with one attached hydrogen (secondary N) is 1. The number of amides is 1. The Morgan fingerprint density at radius 3 is 2.30 bits per heavy atom. The van der Waals surface area contributed by atoms with E-state index in [2.05, 4.69) is 10.3 Å². The van der Waals surface area contributed by atoms with Gasteiger partial charge in [0.2, 0.25) is 10.0 Å². The fourth-order valence-corrected chi connectivity index (χ4v) is 4.59. The lowest BCUT2D eigenvalue weighted by Gasteiger charge is -2.19. The highest BCUT2D eigenvalue weighted by atomic mass is 35.5. The average molecular weight is 471 g/mol. The van der Waals surface area contributed by atoms with Crippen molar-refractivity contribution in [1.82, 2.24) is 9.29 Å². The summed E-state index contributed by atoms with van der Waals surface area (Å²) < 4.78 is 26.5. The number of halogens is 4. The minimum atomic E-state index is -3.67. The maximum Gasteiger partial charge on any atom is 0.275 e. The smallest absolute Gasteiger partial charge is 0.275 e. The summed E-state index contributed by atoms with van der Waals surface area (Å²) in [5, 5.41) is 2.04. The number of nitrogens with zero attached hydrogens (tertiary/aromatic N) is 2. The molecular formula is C16H15Cl4N3O3S. The first kappa shape index (κ1) is 22.2. The van der Waals surface area contributed by atoms with Gasteiger partial charge in [-0.15, -0.1) is 0 Å². The summed E-state index contributed by atoms with van der Waals surface area (Å²) in [6, 6.07) is 5.85. The predicted molar refractivity (Wildman–Crippen MR) is 109 cm³/mol. The van der Waals surface area contributed by atoms with Crippen LogP contribution in [0.4, 0.5) is 5.69 Å². The molecule has 2 aromatic rings. The Morgan fingerprint density at radius 1 is 1.07 bits per heavy atom. The molecule has 0 fully saturated rings.